The lowest BCUT2D eigenvalue weighted by atomic mass is 9.36. The molecule has 1 aromatic heterocycles. The molecule has 1 spiro atoms. The fourth-order valence-electron chi connectivity index (χ4n) is 12.8. The van der Waals surface area contributed by atoms with E-state index in [1.807, 2.05) is 11.3 Å². The fraction of sp³-hybridized carbons (Fsp3) is 0.231. The standard InChI is InChI=1S/C65H59BN2S/c1-41-37-56-60-57(38-41)68(55-22-16-21-52-59(55)49-19-12-13-20-51(49)65(52)35-14-9-15-36-65)61-50-40-47(64(5,6)7)30-34-58(50)69-62(61)66(60)53-39-45(42-17-10-8-11-18-42)27-33-54(53)67(56)48-31-25-44(26-32-48)43-23-28-46(29-24-43)63(2,3)4/h8,10-13,16-34,37-40H,9,14-15,35-36H2,1-7H3. The van der Waals surface area contributed by atoms with Crippen molar-refractivity contribution in [3.63, 3.8) is 0 Å². The number of hydrogen-bond donors (Lipinski definition) is 0. The molecule has 2 aliphatic carbocycles. The van der Waals surface area contributed by atoms with E-state index in [0.717, 1.165) is 0 Å². The van der Waals surface area contributed by atoms with E-state index >= 15 is 0 Å². The van der Waals surface area contributed by atoms with Crippen molar-refractivity contribution in [1.82, 2.24) is 0 Å². The van der Waals surface area contributed by atoms with Crippen LogP contribution in [0.4, 0.5) is 34.1 Å². The molecular formula is C65H59BN2S. The maximum Gasteiger partial charge on any atom is 0.264 e. The van der Waals surface area contributed by atoms with Crippen molar-refractivity contribution < 1.29 is 0 Å². The summed E-state index contributed by atoms with van der Waals surface area (Å²) in [4.78, 5) is 5.32. The van der Waals surface area contributed by atoms with Crippen molar-refractivity contribution in [1.29, 1.82) is 0 Å². The van der Waals surface area contributed by atoms with Crippen molar-refractivity contribution in [3.8, 4) is 33.4 Å². The summed E-state index contributed by atoms with van der Waals surface area (Å²) >= 11 is 2.01. The van der Waals surface area contributed by atoms with E-state index < -0.39 is 0 Å². The zero-order chi connectivity index (χ0) is 47.0. The monoisotopic (exact) mass is 910 g/mol. The van der Waals surface area contributed by atoms with Gasteiger partial charge in [-0.1, -0.05) is 182 Å². The lowest BCUT2D eigenvalue weighted by Gasteiger charge is -2.44. The second-order valence-electron chi connectivity index (χ2n) is 22.5. The van der Waals surface area contributed by atoms with Crippen LogP contribution in [0.5, 0.6) is 0 Å². The van der Waals surface area contributed by atoms with Gasteiger partial charge in [0.05, 0.1) is 11.4 Å². The summed E-state index contributed by atoms with van der Waals surface area (Å²) < 4.78 is 2.76. The third kappa shape index (κ3) is 6.51. The van der Waals surface area contributed by atoms with Crippen LogP contribution in [0.15, 0.2) is 170 Å². The molecule has 338 valence electrons. The zero-order valence-electron chi connectivity index (χ0n) is 41.1. The zero-order valence-corrected chi connectivity index (χ0v) is 41.9. The van der Waals surface area contributed by atoms with Gasteiger partial charge in [-0.2, -0.15) is 0 Å². The van der Waals surface area contributed by atoms with E-state index in [-0.39, 0.29) is 23.0 Å². The Morgan fingerprint density at radius 2 is 1.13 bits per heavy atom. The number of aryl methyl sites for hydroxylation is 1. The molecule has 1 saturated carbocycles. The Bertz CT molecular complexity index is 3510. The van der Waals surface area contributed by atoms with Crippen LogP contribution < -0.4 is 25.5 Å². The molecule has 4 heteroatoms. The quantitative estimate of drug-likeness (QED) is 0.162. The number of nitrogens with zero attached hydrogens (tertiary/aromatic N) is 2. The van der Waals surface area contributed by atoms with Crippen LogP contribution in [-0.4, -0.2) is 6.71 Å². The molecule has 4 aliphatic rings. The largest absolute Gasteiger partial charge is 0.311 e. The molecule has 0 amide bonds. The van der Waals surface area contributed by atoms with Crippen molar-refractivity contribution >= 4 is 78.0 Å². The van der Waals surface area contributed by atoms with Crippen LogP contribution in [-0.2, 0) is 16.2 Å². The second-order valence-corrected chi connectivity index (χ2v) is 23.6. The average molecular weight is 911 g/mol. The summed E-state index contributed by atoms with van der Waals surface area (Å²) in [7, 11) is 0. The second kappa shape index (κ2) is 15.4. The summed E-state index contributed by atoms with van der Waals surface area (Å²) in [6.07, 6.45) is 6.28. The molecule has 69 heavy (non-hydrogen) atoms. The van der Waals surface area contributed by atoms with Gasteiger partial charge >= 0.3 is 0 Å². The lowest BCUT2D eigenvalue weighted by Crippen LogP contribution is -2.60. The first kappa shape index (κ1) is 42.5. The Morgan fingerprint density at radius 3 is 1.86 bits per heavy atom. The van der Waals surface area contributed by atoms with Crippen LogP contribution in [0.25, 0.3) is 43.5 Å². The van der Waals surface area contributed by atoms with Crippen LogP contribution in [0, 0.1) is 6.92 Å². The van der Waals surface area contributed by atoms with E-state index in [0.29, 0.717) is 0 Å². The van der Waals surface area contributed by atoms with Gasteiger partial charge in [0.2, 0.25) is 0 Å². The molecule has 13 rings (SSSR count). The average Bonchev–Trinajstić information content (AvgIpc) is 3.87. The first-order valence-electron chi connectivity index (χ1n) is 25.3. The Labute approximate surface area is 413 Å². The Balaban J connectivity index is 1.09. The molecule has 0 bridgehead atoms. The van der Waals surface area contributed by atoms with Crippen molar-refractivity contribution in [2.24, 2.45) is 0 Å². The minimum Gasteiger partial charge on any atom is -0.311 e. The number of thiophene rings is 1. The predicted molar refractivity (Wildman–Crippen MR) is 298 cm³/mol. The molecule has 0 unspecified atom stereocenters. The molecule has 8 aromatic carbocycles. The van der Waals surface area contributed by atoms with Gasteiger partial charge in [0.15, 0.2) is 0 Å². The molecule has 0 saturated heterocycles. The maximum absolute atomic E-state index is 2.75. The van der Waals surface area contributed by atoms with E-state index in [9.17, 15) is 0 Å². The third-order valence-electron chi connectivity index (χ3n) is 16.2. The summed E-state index contributed by atoms with van der Waals surface area (Å²) in [5.41, 5.74) is 25.3. The number of anilines is 6. The van der Waals surface area contributed by atoms with Gasteiger partial charge in [0.25, 0.3) is 6.71 Å². The molecule has 9 aromatic rings. The van der Waals surface area contributed by atoms with E-state index in [4.69, 9.17) is 0 Å². The SMILES string of the molecule is Cc1cc2c3c(c1)N(c1cccc4c1-c1ccccc1C41CCCCC1)c1c(sc4ccc(C(C)(C)C)cc14)B3c1cc(-c3ccccc3)ccc1N2c1ccc(-c2ccc(C(C)(C)C)cc2)cc1. The minimum absolute atomic E-state index is 0.00157. The predicted octanol–water partition coefficient (Wildman–Crippen LogP) is 16.5. The Hall–Kier alpha value is -6.62. The fourth-order valence-corrected chi connectivity index (χ4v) is 14.1. The molecule has 1 fully saturated rings. The highest BCUT2D eigenvalue weighted by Crippen LogP contribution is 2.60. The Morgan fingerprint density at radius 1 is 0.507 bits per heavy atom. The van der Waals surface area contributed by atoms with Gasteiger partial charge < -0.3 is 9.80 Å². The first-order valence-corrected chi connectivity index (χ1v) is 26.1. The summed E-state index contributed by atoms with van der Waals surface area (Å²) in [6, 6.07) is 65.8. The highest BCUT2D eigenvalue weighted by molar-refractivity contribution is 7.33. The van der Waals surface area contributed by atoms with Crippen molar-refractivity contribution in [2.45, 2.75) is 96.8 Å². The van der Waals surface area contributed by atoms with Gasteiger partial charge in [-0.25, -0.2) is 0 Å². The topological polar surface area (TPSA) is 6.48 Å². The molecule has 0 atom stereocenters. The molecule has 2 nitrogen and oxygen atoms in total. The van der Waals surface area contributed by atoms with Gasteiger partial charge in [0.1, 0.15) is 0 Å². The molecule has 2 aliphatic heterocycles. The number of benzene rings is 8. The summed E-state index contributed by atoms with van der Waals surface area (Å²) in [6.45, 7) is 16.2. The van der Waals surface area contributed by atoms with Gasteiger partial charge in [0, 0.05) is 48.6 Å². The smallest absolute Gasteiger partial charge is 0.264 e. The summed E-state index contributed by atoms with van der Waals surface area (Å²) in [5.74, 6) is 0. The number of hydrogen-bond acceptors (Lipinski definition) is 3. The van der Waals surface area contributed by atoms with Gasteiger partial charge in [-0.05, 0) is 146 Å². The molecule has 3 heterocycles. The van der Waals surface area contributed by atoms with Crippen LogP contribution in [0.2, 0.25) is 0 Å². The lowest BCUT2D eigenvalue weighted by molar-refractivity contribution is 0.353. The normalized spacial score (nSPS) is 15.5. The molecule has 0 radical (unpaired) electrons. The van der Waals surface area contributed by atoms with Crippen LogP contribution in [0.3, 0.4) is 0 Å². The first-order chi connectivity index (χ1) is 33.4. The van der Waals surface area contributed by atoms with Gasteiger partial charge in [-0.3, -0.25) is 0 Å². The third-order valence-corrected chi connectivity index (χ3v) is 17.4. The number of fused-ring (bicyclic) bond motifs is 11. The van der Waals surface area contributed by atoms with Crippen molar-refractivity contribution in [2.75, 3.05) is 9.80 Å². The molecule has 0 N–H and O–H groups in total. The minimum atomic E-state index is -0.00157. The Kier molecular flexibility index (Phi) is 9.51. The van der Waals surface area contributed by atoms with Crippen LogP contribution >= 0.6 is 11.3 Å². The number of rotatable bonds is 4. The van der Waals surface area contributed by atoms with E-state index in [2.05, 4.69) is 228 Å². The van der Waals surface area contributed by atoms with Crippen LogP contribution in [0.1, 0.15) is 101 Å². The maximum atomic E-state index is 2.75. The van der Waals surface area contributed by atoms with Crippen molar-refractivity contribution in [3.05, 3.63) is 198 Å². The van der Waals surface area contributed by atoms with E-state index in [1.165, 1.54) is 153 Å². The van der Waals surface area contributed by atoms with E-state index in [1.54, 1.807) is 0 Å². The molecular weight excluding hydrogens is 852 g/mol. The summed E-state index contributed by atoms with van der Waals surface area (Å²) in [5, 5.41) is 1.35. The van der Waals surface area contributed by atoms with Gasteiger partial charge in [-0.15, -0.1) is 11.3 Å². The highest BCUT2D eigenvalue weighted by atomic mass is 32.1. The highest BCUT2D eigenvalue weighted by Gasteiger charge is 2.49.